The fourth-order valence-electron chi connectivity index (χ4n) is 4.02. The summed E-state index contributed by atoms with van der Waals surface area (Å²) in [7, 11) is -4.80. The third-order valence-corrected chi connectivity index (χ3v) is 7.77. The molecule has 5 aromatic rings. The number of benzene rings is 4. The number of fused-ring (bicyclic) bond motifs is 2. The molecule has 0 bridgehead atoms. The fourth-order valence-corrected chi connectivity index (χ4v) is 6.04. The molecule has 0 fully saturated rings. The molecule has 1 unspecified atom stereocenters. The lowest BCUT2D eigenvalue weighted by molar-refractivity contribution is -0.116. The van der Waals surface area contributed by atoms with Crippen LogP contribution in [0.15, 0.2) is 96.4 Å². The van der Waals surface area contributed by atoms with Crippen LogP contribution in [0.4, 0.5) is 5.69 Å². The number of amides is 1. The minimum Gasteiger partial charge on any atom is -0.325 e. The molecule has 5 rings (SSSR count). The van der Waals surface area contributed by atoms with Gasteiger partial charge >= 0.3 is 7.60 Å². The first-order valence-electron chi connectivity index (χ1n) is 10.3. The van der Waals surface area contributed by atoms with Crippen LogP contribution < -0.4 is 5.32 Å². The van der Waals surface area contributed by atoms with Gasteiger partial charge in [0, 0.05) is 10.4 Å². The molecule has 5 nitrogen and oxygen atoms in total. The molecule has 1 heterocycles. The fraction of sp³-hybridized carbons (Fsp3) is 0.0385. The van der Waals surface area contributed by atoms with Crippen molar-refractivity contribution in [3.05, 3.63) is 102 Å². The summed E-state index contributed by atoms with van der Waals surface area (Å²) in [5, 5.41) is 6.99. The van der Waals surface area contributed by atoms with Crippen molar-refractivity contribution in [2.75, 3.05) is 5.32 Å². The summed E-state index contributed by atoms with van der Waals surface area (Å²) in [6.45, 7) is 0. The highest BCUT2D eigenvalue weighted by molar-refractivity contribution is 7.53. The maximum Gasteiger partial charge on any atom is 0.342 e. The zero-order valence-electron chi connectivity index (χ0n) is 17.4. The molecule has 1 atom stereocenters. The molecule has 0 spiro atoms. The number of nitrogens with one attached hydrogen (secondary N) is 1. The standard InChI is InChI=1S/C26H20NO4PS/c28-26(27-21-12-10-18-8-4-5-9-19(18)14-21)25(32(29,30)31)23-16-33-24-13-11-20(15-22(23)24)17-6-2-1-3-7-17/h1-16,25H,(H,27,28)(H2,29,30,31). The molecule has 3 N–H and O–H groups in total. The molecule has 1 amide bonds. The number of carbonyl (C=O) groups is 1. The Morgan fingerprint density at radius 3 is 2.30 bits per heavy atom. The van der Waals surface area contributed by atoms with Gasteiger partial charge in [0.05, 0.1) is 0 Å². The number of rotatable bonds is 5. The lowest BCUT2D eigenvalue weighted by Gasteiger charge is -2.18. The third-order valence-electron chi connectivity index (χ3n) is 5.61. The van der Waals surface area contributed by atoms with Crippen molar-refractivity contribution in [1.82, 2.24) is 0 Å². The van der Waals surface area contributed by atoms with Gasteiger partial charge in [0.25, 0.3) is 0 Å². The quantitative estimate of drug-likeness (QED) is 0.252. The number of carbonyl (C=O) groups excluding carboxylic acids is 1. The van der Waals surface area contributed by atoms with Gasteiger partial charge in [-0.25, -0.2) is 0 Å². The Labute approximate surface area is 194 Å². The average molecular weight is 473 g/mol. The molecule has 0 aliphatic heterocycles. The smallest absolute Gasteiger partial charge is 0.325 e. The predicted molar refractivity (Wildman–Crippen MR) is 135 cm³/mol. The Morgan fingerprint density at radius 1 is 0.818 bits per heavy atom. The number of hydrogen-bond donors (Lipinski definition) is 3. The summed E-state index contributed by atoms with van der Waals surface area (Å²) in [4.78, 5) is 33.5. The van der Waals surface area contributed by atoms with Crippen LogP contribution >= 0.6 is 18.9 Å². The van der Waals surface area contributed by atoms with E-state index in [1.54, 1.807) is 17.5 Å². The first kappa shape index (κ1) is 21.6. The molecule has 0 aliphatic carbocycles. The Morgan fingerprint density at radius 2 is 1.55 bits per heavy atom. The number of hydrogen-bond acceptors (Lipinski definition) is 3. The highest BCUT2D eigenvalue weighted by atomic mass is 32.1. The molecule has 1 aromatic heterocycles. The van der Waals surface area contributed by atoms with Crippen molar-refractivity contribution < 1.29 is 19.1 Å². The molecule has 0 aliphatic rings. The first-order chi connectivity index (χ1) is 15.9. The minimum atomic E-state index is -4.80. The largest absolute Gasteiger partial charge is 0.342 e. The molecule has 0 saturated heterocycles. The van der Waals surface area contributed by atoms with Crippen LogP contribution in [0.2, 0.25) is 0 Å². The lowest BCUT2D eigenvalue weighted by atomic mass is 10.0. The van der Waals surface area contributed by atoms with Gasteiger partial charge in [0.1, 0.15) is 0 Å². The molecular weight excluding hydrogens is 453 g/mol. The summed E-state index contributed by atoms with van der Waals surface area (Å²) in [5.74, 6) is -0.733. The van der Waals surface area contributed by atoms with E-state index in [0.29, 0.717) is 16.6 Å². The van der Waals surface area contributed by atoms with Gasteiger partial charge in [0.15, 0.2) is 5.66 Å². The highest BCUT2D eigenvalue weighted by Gasteiger charge is 2.39. The van der Waals surface area contributed by atoms with Crippen LogP contribution in [0.3, 0.4) is 0 Å². The lowest BCUT2D eigenvalue weighted by Crippen LogP contribution is -2.21. The van der Waals surface area contributed by atoms with Gasteiger partial charge in [0.2, 0.25) is 5.91 Å². The van der Waals surface area contributed by atoms with Gasteiger partial charge in [-0.1, -0.05) is 66.7 Å². The first-order valence-corrected chi connectivity index (χ1v) is 12.9. The van der Waals surface area contributed by atoms with Crippen LogP contribution in [-0.2, 0) is 9.36 Å². The van der Waals surface area contributed by atoms with Crippen LogP contribution in [0.25, 0.3) is 32.0 Å². The maximum atomic E-state index is 13.2. The second kappa shape index (κ2) is 8.58. The van der Waals surface area contributed by atoms with Crippen molar-refractivity contribution in [3.8, 4) is 11.1 Å². The van der Waals surface area contributed by atoms with E-state index in [-0.39, 0.29) is 0 Å². The van der Waals surface area contributed by atoms with E-state index in [2.05, 4.69) is 5.32 Å². The van der Waals surface area contributed by atoms with E-state index in [9.17, 15) is 19.1 Å². The molecule has 164 valence electrons. The summed E-state index contributed by atoms with van der Waals surface area (Å²) in [6, 6.07) is 28.6. The third kappa shape index (κ3) is 4.34. The zero-order chi connectivity index (χ0) is 23.0. The van der Waals surface area contributed by atoms with Crippen LogP contribution in [0.5, 0.6) is 0 Å². The van der Waals surface area contributed by atoms with Crippen LogP contribution in [0, 0.1) is 0 Å². The molecule has 0 saturated carbocycles. The van der Waals surface area contributed by atoms with E-state index < -0.39 is 19.2 Å². The molecule has 0 radical (unpaired) electrons. The normalized spacial score (nSPS) is 12.7. The minimum absolute atomic E-state index is 0.333. The second-order valence-corrected chi connectivity index (χ2v) is 10.4. The summed E-state index contributed by atoms with van der Waals surface area (Å²) >= 11 is 1.36. The van der Waals surface area contributed by atoms with Crippen molar-refractivity contribution in [3.63, 3.8) is 0 Å². The molecule has 33 heavy (non-hydrogen) atoms. The Bertz CT molecular complexity index is 1520. The van der Waals surface area contributed by atoms with Crippen molar-refractivity contribution in [1.29, 1.82) is 0 Å². The van der Waals surface area contributed by atoms with E-state index in [1.165, 1.54) is 11.3 Å². The summed E-state index contributed by atoms with van der Waals surface area (Å²) < 4.78 is 13.4. The van der Waals surface area contributed by atoms with Gasteiger partial charge in [-0.3, -0.25) is 9.36 Å². The van der Waals surface area contributed by atoms with Crippen LogP contribution in [-0.4, -0.2) is 15.7 Å². The van der Waals surface area contributed by atoms with Crippen molar-refractivity contribution >= 4 is 51.4 Å². The van der Waals surface area contributed by atoms with Crippen molar-refractivity contribution in [2.24, 2.45) is 0 Å². The van der Waals surface area contributed by atoms with Gasteiger partial charge < -0.3 is 15.1 Å². The second-order valence-electron chi connectivity index (χ2n) is 7.81. The monoisotopic (exact) mass is 473 g/mol. The van der Waals surface area contributed by atoms with E-state index >= 15 is 0 Å². The Kier molecular flexibility index (Phi) is 5.60. The summed E-state index contributed by atoms with van der Waals surface area (Å²) in [5.41, 5.74) is 1.12. The van der Waals surface area contributed by atoms with Crippen LogP contribution in [0.1, 0.15) is 11.2 Å². The zero-order valence-corrected chi connectivity index (χ0v) is 19.1. The van der Waals surface area contributed by atoms with Gasteiger partial charge in [-0.2, -0.15) is 0 Å². The van der Waals surface area contributed by atoms with Crippen molar-refractivity contribution in [2.45, 2.75) is 5.66 Å². The Balaban J connectivity index is 1.54. The van der Waals surface area contributed by atoms with E-state index in [1.807, 2.05) is 78.9 Å². The molecule has 7 heteroatoms. The molecular formula is C26H20NO4PS. The average Bonchev–Trinajstić information content (AvgIpc) is 3.21. The maximum absolute atomic E-state index is 13.2. The SMILES string of the molecule is O=C(Nc1ccc2ccccc2c1)C(c1csc2ccc(-c3ccccc3)cc12)P(=O)(O)O. The topological polar surface area (TPSA) is 86.6 Å². The van der Waals surface area contributed by atoms with Gasteiger partial charge in [-0.15, -0.1) is 11.3 Å². The van der Waals surface area contributed by atoms with Gasteiger partial charge in [-0.05, 0) is 62.5 Å². The Hall–Kier alpha value is -3.28. The van der Waals surface area contributed by atoms with E-state index in [4.69, 9.17) is 0 Å². The summed E-state index contributed by atoms with van der Waals surface area (Å²) in [6.07, 6.45) is 0. The predicted octanol–water partition coefficient (Wildman–Crippen LogP) is 6.58. The number of anilines is 1. The highest BCUT2D eigenvalue weighted by Crippen LogP contribution is 2.54. The molecule has 4 aromatic carbocycles. The van der Waals surface area contributed by atoms with E-state index in [0.717, 1.165) is 26.6 Å². The number of thiophene rings is 1.